The molecule has 1 unspecified atom stereocenters. The number of carbonyl (C=O) groups is 1. The summed E-state index contributed by atoms with van der Waals surface area (Å²) >= 11 is 0. The molecule has 0 fully saturated rings. The highest BCUT2D eigenvalue weighted by Gasteiger charge is 2.18. The molecule has 2 aromatic rings. The number of rotatable bonds is 4. The molecule has 1 aromatic carbocycles. The lowest BCUT2D eigenvalue weighted by molar-refractivity contribution is 0.0483. The summed E-state index contributed by atoms with van der Waals surface area (Å²) in [6.07, 6.45) is -0.880. The first-order valence-electron chi connectivity index (χ1n) is 5.72. The molecule has 0 radical (unpaired) electrons. The van der Waals surface area contributed by atoms with Crippen LogP contribution in [0.4, 0.5) is 0 Å². The van der Waals surface area contributed by atoms with Gasteiger partial charge in [-0.05, 0) is 24.6 Å². The zero-order chi connectivity index (χ0) is 13.0. The van der Waals surface area contributed by atoms with Gasteiger partial charge in [0.05, 0.1) is 6.61 Å². The van der Waals surface area contributed by atoms with Crippen LogP contribution in [-0.2, 0) is 4.74 Å². The van der Waals surface area contributed by atoms with Gasteiger partial charge in [0.1, 0.15) is 11.9 Å². The van der Waals surface area contributed by atoms with Crippen LogP contribution in [0.5, 0.6) is 0 Å². The highest BCUT2D eigenvalue weighted by atomic mass is 16.5. The van der Waals surface area contributed by atoms with Gasteiger partial charge in [-0.25, -0.2) is 4.79 Å². The monoisotopic (exact) mass is 246 g/mol. The van der Waals surface area contributed by atoms with Gasteiger partial charge in [0.2, 0.25) is 5.76 Å². The highest BCUT2D eigenvalue weighted by molar-refractivity contribution is 5.86. The van der Waals surface area contributed by atoms with E-state index in [0.29, 0.717) is 11.3 Å². The summed E-state index contributed by atoms with van der Waals surface area (Å²) in [5, 5.41) is 10.1. The number of ether oxygens (including phenoxy) is 1. The molecule has 1 aromatic heterocycles. The molecule has 0 spiro atoms. The van der Waals surface area contributed by atoms with E-state index in [1.54, 1.807) is 25.1 Å². The average Bonchev–Trinajstić information content (AvgIpc) is 2.89. The molecule has 1 N–H and O–H groups in total. The van der Waals surface area contributed by atoms with Crippen LogP contribution in [-0.4, -0.2) is 17.7 Å². The maximum absolute atomic E-state index is 11.4. The van der Waals surface area contributed by atoms with E-state index < -0.39 is 12.1 Å². The Balaban J connectivity index is 2.17. The van der Waals surface area contributed by atoms with Crippen molar-refractivity contribution in [2.24, 2.45) is 0 Å². The Morgan fingerprint density at radius 1 is 1.28 bits per heavy atom. The van der Waals surface area contributed by atoms with Crippen LogP contribution >= 0.6 is 0 Å². The second kappa shape index (κ2) is 5.51. The molecule has 0 saturated heterocycles. The van der Waals surface area contributed by atoms with Gasteiger partial charge in [-0.15, -0.1) is 0 Å². The number of aliphatic hydroxyl groups excluding tert-OH is 1. The summed E-state index contributed by atoms with van der Waals surface area (Å²) < 4.78 is 10.1. The van der Waals surface area contributed by atoms with Crippen molar-refractivity contribution in [3.63, 3.8) is 0 Å². The summed E-state index contributed by atoms with van der Waals surface area (Å²) in [6, 6.07) is 12.2. The molecule has 0 saturated carbocycles. The van der Waals surface area contributed by atoms with Crippen LogP contribution in [0, 0.1) is 0 Å². The molecule has 0 aliphatic carbocycles. The van der Waals surface area contributed by atoms with E-state index in [1.807, 2.05) is 18.2 Å². The van der Waals surface area contributed by atoms with E-state index in [0.717, 1.165) is 0 Å². The molecular formula is C14H14O4. The topological polar surface area (TPSA) is 59.7 Å². The quantitative estimate of drug-likeness (QED) is 0.842. The normalized spacial score (nSPS) is 12.1. The zero-order valence-electron chi connectivity index (χ0n) is 10.00. The number of furan rings is 1. The van der Waals surface area contributed by atoms with E-state index in [1.165, 1.54) is 6.07 Å². The summed E-state index contributed by atoms with van der Waals surface area (Å²) in [4.78, 5) is 11.4. The Morgan fingerprint density at radius 3 is 2.67 bits per heavy atom. The predicted octanol–water partition coefficient (Wildman–Crippen LogP) is 2.54. The zero-order valence-corrected chi connectivity index (χ0v) is 10.00. The molecular weight excluding hydrogens is 232 g/mol. The minimum atomic E-state index is -0.880. The second-order valence-corrected chi connectivity index (χ2v) is 3.74. The molecule has 4 nitrogen and oxygen atoms in total. The molecule has 1 heterocycles. The lowest BCUT2D eigenvalue weighted by atomic mass is 10.1. The average molecular weight is 246 g/mol. The van der Waals surface area contributed by atoms with E-state index in [-0.39, 0.29) is 12.4 Å². The molecule has 0 amide bonds. The lowest BCUT2D eigenvalue weighted by Gasteiger charge is -2.07. The summed E-state index contributed by atoms with van der Waals surface area (Å²) in [7, 11) is 0. The van der Waals surface area contributed by atoms with Crippen LogP contribution in [0.15, 0.2) is 46.9 Å². The SMILES string of the molecule is CCOC(=O)c1ccc(C(O)c2ccccc2)o1. The van der Waals surface area contributed by atoms with Crippen LogP contribution in [0.25, 0.3) is 0 Å². The van der Waals surface area contributed by atoms with Crippen molar-refractivity contribution >= 4 is 5.97 Å². The Labute approximate surface area is 105 Å². The molecule has 0 aliphatic heterocycles. The van der Waals surface area contributed by atoms with E-state index >= 15 is 0 Å². The van der Waals surface area contributed by atoms with Gasteiger partial charge in [-0.1, -0.05) is 30.3 Å². The summed E-state index contributed by atoms with van der Waals surface area (Å²) in [5.74, 6) is -0.102. The van der Waals surface area contributed by atoms with Gasteiger partial charge in [0.15, 0.2) is 0 Å². The van der Waals surface area contributed by atoms with Crippen molar-refractivity contribution in [2.45, 2.75) is 13.0 Å². The number of hydrogen-bond donors (Lipinski definition) is 1. The van der Waals surface area contributed by atoms with Gasteiger partial charge in [0.25, 0.3) is 0 Å². The minimum Gasteiger partial charge on any atom is -0.460 e. The number of benzene rings is 1. The lowest BCUT2D eigenvalue weighted by Crippen LogP contribution is -2.03. The molecule has 1 atom stereocenters. The molecule has 0 aliphatic rings. The largest absolute Gasteiger partial charge is 0.460 e. The number of hydrogen-bond acceptors (Lipinski definition) is 4. The molecule has 2 rings (SSSR count). The van der Waals surface area contributed by atoms with E-state index in [9.17, 15) is 9.90 Å². The fraction of sp³-hybridized carbons (Fsp3) is 0.214. The van der Waals surface area contributed by atoms with Crippen LogP contribution in [0.1, 0.15) is 34.9 Å². The van der Waals surface area contributed by atoms with E-state index in [4.69, 9.17) is 9.15 Å². The van der Waals surface area contributed by atoms with Gasteiger partial charge in [-0.3, -0.25) is 0 Å². The van der Waals surface area contributed by atoms with Crippen LogP contribution in [0.3, 0.4) is 0 Å². The Bertz CT molecular complexity index is 516. The first kappa shape index (κ1) is 12.4. The standard InChI is InChI=1S/C14H14O4/c1-2-17-14(16)12-9-8-11(18-12)13(15)10-6-4-3-5-7-10/h3-9,13,15H,2H2,1H3. The highest BCUT2D eigenvalue weighted by Crippen LogP contribution is 2.23. The Morgan fingerprint density at radius 2 is 2.00 bits per heavy atom. The van der Waals surface area contributed by atoms with Gasteiger partial charge in [0, 0.05) is 0 Å². The van der Waals surface area contributed by atoms with Crippen molar-refractivity contribution in [3.8, 4) is 0 Å². The molecule has 0 bridgehead atoms. The third kappa shape index (κ3) is 2.60. The fourth-order valence-corrected chi connectivity index (χ4v) is 1.61. The first-order chi connectivity index (χ1) is 8.72. The van der Waals surface area contributed by atoms with Crippen LogP contribution in [0.2, 0.25) is 0 Å². The number of aliphatic hydroxyl groups is 1. The number of carbonyl (C=O) groups excluding carboxylic acids is 1. The molecule has 18 heavy (non-hydrogen) atoms. The maximum atomic E-state index is 11.4. The van der Waals surface area contributed by atoms with Gasteiger partial charge >= 0.3 is 5.97 Å². The second-order valence-electron chi connectivity index (χ2n) is 3.74. The van der Waals surface area contributed by atoms with Crippen molar-refractivity contribution < 1.29 is 19.1 Å². The predicted molar refractivity (Wildman–Crippen MR) is 65.2 cm³/mol. The fourth-order valence-electron chi connectivity index (χ4n) is 1.61. The van der Waals surface area contributed by atoms with Crippen LogP contribution < -0.4 is 0 Å². The third-order valence-corrected chi connectivity index (χ3v) is 2.49. The van der Waals surface area contributed by atoms with Gasteiger partial charge < -0.3 is 14.3 Å². The van der Waals surface area contributed by atoms with E-state index in [2.05, 4.69) is 0 Å². The minimum absolute atomic E-state index is 0.0989. The van der Waals surface area contributed by atoms with Crippen molar-refractivity contribution in [1.82, 2.24) is 0 Å². The number of esters is 1. The Kier molecular flexibility index (Phi) is 3.79. The van der Waals surface area contributed by atoms with Crippen molar-refractivity contribution in [2.75, 3.05) is 6.61 Å². The summed E-state index contributed by atoms with van der Waals surface area (Å²) in [5.41, 5.74) is 0.710. The first-order valence-corrected chi connectivity index (χ1v) is 5.72. The van der Waals surface area contributed by atoms with Gasteiger partial charge in [-0.2, -0.15) is 0 Å². The van der Waals surface area contributed by atoms with Crippen molar-refractivity contribution in [1.29, 1.82) is 0 Å². The maximum Gasteiger partial charge on any atom is 0.374 e. The third-order valence-electron chi connectivity index (χ3n) is 2.49. The summed E-state index contributed by atoms with van der Waals surface area (Å²) in [6.45, 7) is 2.01. The molecule has 4 heteroatoms. The van der Waals surface area contributed by atoms with Crippen molar-refractivity contribution in [3.05, 3.63) is 59.5 Å². The Hall–Kier alpha value is -2.07. The molecule has 94 valence electrons. The smallest absolute Gasteiger partial charge is 0.374 e.